The molecule has 0 aliphatic carbocycles. The molecule has 4 nitrogen and oxygen atoms in total. The number of benzene rings is 1. The minimum atomic E-state index is -0.544. The fourth-order valence-corrected chi connectivity index (χ4v) is 2.17. The minimum absolute atomic E-state index is 0.174. The van der Waals surface area contributed by atoms with Gasteiger partial charge in [0, 0.05) is 12.1 Å². The van der Waals surface area contributed by atoms with Gasteiger partial charge in [-0.15, -0.1) is 0 Å². The van der Waals surface area contributed by atoms with Gasteiger partial charge in [0.2, 0.25) is 0 Å². The number of rotatable bonds is 3. The Hall–Kier alpha value is -1.26. The molecule has 1 saturated heterocycles. The Morgan fingerprint density at radius 1 is 1.37 bits per heavy atom. The van der Waals surface area contributed by atoms with Gasteiger partial charge in [-0.2, -0.15) is 0 Å². The SMILES string of the molecule is CC(C)CN=C1NC(=O)C(c2cccc(Cl)c2Cl)N1. The van der Waals surface area contributed by atoms with E-state index < -0.39 is 6.04 Å². The van der Waals surface area contributed by atoms with Crippen molar-refractivity contribution < 1.29 is 4.79 Å². The zero-order valence-electron chi connectivity index (χ0n) is 10.7. The maximum Gasteiger partial charge on any atom is 0.253 e. The second-order valence-corrected chi connectivity index (χ2v) is 5.58. The molecule has 0 spiro atoms. The van der Waals surface area contributed by atoms with Crippen molar-refractivity contribution in [3.8, 4) is 0 Å². The molecule has 102 valence electrons. The monoisotopic (exact) mass is 299 g/mol. The van der Waals surface area contributed by atoms with E-state index >= 15 is 0 Å². The predicted molar refractivity (Wildman–Crippen MR) is 77.6 cm³/mol. The van der Waals surface area contributed by atoms with Crippen molar-refractivity contribution in [2.75, 3.05) is 6.54 Å². The molecule has 0 radical (unpaired) electrons. The summed E-state index contributed by atoms with van der Waals surface area (Å²) in [6.45, 7) is 4.77. The Morgan fingerprint density at radius 2 is 2.11 bits per heavy atom. The summed E-state index contributed by atoms with van der Waals surface area (Å²) in [7, 11) is 0. The molecule has 1 aliphatic rings. The molecule has 2 N–H and O–H groups in total. The third-order valence-corrected chi connectivity index (χ3v) is 3.53. The summed E-state index contributed by atoms with van der Waals surface area (Å²) in [6, 6.07) is 4.68. The molecule has 1 fully saturated rings. The lowest BCUT2D eigenvalue weighted by Gasteiger charge is -2.11. The summed E-state index contributed by atoms with van der Waals surface area (Å²) in [5.41, 5.74) is 0.654. The van der Waals surface area contributed by atoms with Crippen LogP contribution in [-0.2, 0) is 4.79 Å². The molecule has 2 rings (SSSR count). The fraction of sp³-hybridized carbons (Fsp3) is 0.385. The highest BCUT2D eigenvalue weighted by Gasteiger charge is 2.31. The zero-order chi connectivity index (χ0) is 14.0. The predicted octanol–water partition coefficient (Wildman–Crippen LogP) is 2.77. The number of hydrogen-bond acceptors (Lipinski definition) is 2. The van der Waals surface area contributed by atoms with Crippen LogP contribution in [0.2, 0.25) is 10.0 Å². The number of nitrogens with zero attached hydrogens (tertiary/aromatic N) is 1. The molecule has 1 unspecified atom stereocenters. The van der Waals surface area contributed by atoms with Crippen molar-refractivity contribution in [2.45, 2.75) is 19.9 Å². The molecular formula is C13H15Cl2N3O. The van der Waals surface area contributed by atoms with E-state index in [1.165, 1.54) is 0 Å². The van der Waals surface area contributed by atoms with Crippen LogP contribution in [0, 0.1) is 5.92 Å². The van der Waals surface area contributed by atoms with Crippen LogP contribution in [0.3, 0.4) is 0 Å². The Morgan fingerprint density at radius 3 is 2.79 bits per heavy atom. The number of halogens is 2. The Kier molecular flexibility index (Phi) is 4.32. The number of amides is 1. The molecular weight excluding hydrogens is 285 g/mol. The van der Waals surface area contributed by atoms with Gasteiger partial charge >= 0.3 is 0 Å². The quantitative estimate of drug-likeness (QED) is 0.902. The molecule has 0 bridgehead atoms. The van der Waals surface area contributed by atoms with Crippen molar-refractivity contribution in [1.82, 2.24) is 10.6 Å². The van der Waals surface area contributed by atoms with E-state index in [-0.39, 0.29) is 5.91 Å². The van der Waals surface area contributed by atoms with E-state index in [0.29, 0.717) is 34.0 Å². The normalized spacial score (nSPS) is 20.8. The number of carbonyl (C=O) groups is 1. The largest absolute Gasteiger partial charge is 0.340 e. The van der Waals surface area contributed by atoms with Gasteiger partial charge in [0.15, 0.2) is 5.96 Å². The van der Waals surface area contributed by atoms with Gasteiger partial charge in [0.25, 0.3) is 5.91 Å². The average Bonchev–Trinajstić information content (AvgIpc) is 2.71. The first-order valence-electron chi connectivity index (χ1n) is 6.04. The lowest BCUT2D eigenvalue weighted by Crippen LogP contribution is -2.26. The first-order valence-corrected chi connectivity index (χ1v) is 6.80. The molecule has 1 aromatic carbocycles. The van der Waals surface area contributed by atoms with Crippen molar-refractivity contribution in [3.63, 3.8) is 0 Å². The fourth-order valence-electron chi connectivity index (χ4n) is 1.75. The molecule has 1 amide bonds. The van der Waals surface area contributed by atoms with Gasteiger partial charge in [-0.25, -0.2) is 0 Å². The third kappa shape index (κ3) is 3.19. The Labute approximate surface area is 122 Å². The van der Waals surface area contributed by atoms with Gasteiger partial charge in [-0.3, -0.25) is 15.1 Å². The summed E-state index contributed by atoms with van der Waals surface area (Å²) in [6.07, 6.45) is 0. The van der Waals surface area contributed by atoms with Crippen LogP contribution >= 0.6 is 23.2 Å². The van der Waals surface area contributed by atoms with E-state index in [4.69, 9.17) is 23.2 Å². The van der Waals surface area contributed by atoms with E-state index in [1.54, 1.807) is 18.2 Å². The Balaban J connectivity index is 2.21. The van der Waals surface area contributed by atoms with Crippen LogP contribution in [-0.4, -0.2) is 18.4 Å². The van der Waals surface area contributed by atoms with Gasteiger partial charge < -0.3 is 5.32 Å². The number of aliphatic imine (C=N–C) groups is 1. The summed E-state index contributed by atoms with van der Waals surface area (Å²) in [5.74, 6) is 0.742. The molecule has 19 heavy (non-hydrogen) atoms. The van der Waals surface area contributed by atoms with E-state index in [1.807, 2.05) is 0 Å². The second-order valence-electron chi connectivity index (χ2n) is 4.79. The second kappa shape index (κ2) is 5.80. The molecule has 6 heteroatoms. The van der Waals surface area contributed by atoms with Crippen molar-refractivity contribution in [2.24, 2.45) is 10.9 Å². The van der Waals surface area contributed by atoms with Gasteiger partial charge in [0.05, 0.1) is 10.0 Å². The van der Waals surface area contributed by atoms with Crippen molar-refractivity contribution in [3.05, 3.63) is 33.8 Å². The van der Waals surface area contributed by atoms with E-state index in [2.05, 4.69) is 29.5 Å². The summed E-state index contributed by atoms with van der Waals surface area (Å²) >= 11 is 12.1. The maximum absolute atomic E-state index is 11.9. The first kappa shape index (κ1) is 14.2. The van der Waals surface area contributed by atoms with E-state index in [0.717, 1.165) is 0 Å². The van der Waals surface area contributed by atoms with Crippen LogP contribution in [0.25, 0.3) is 0 Å². The van der Waals surface area contributed by atoms with Crippen LogP contribution < -0.4 is 10.6 Å². The molecule has 1 aliphatic heterocycles. The lowest BCUT2D eigenvalue weighted by molar-refractivity contribution is -0.120. The smallest absolute Gasteiger partial charge is 0.253 e. The summed E-state index contributed by atoms with van der Waals surface area (Å²) in [5, 5.41) is 6.55. The standard InChI is InChI=1S/C13H15Cl2N3O/c1-7(2)6-16-13-17-11(12(19)18-13)8-4-3-5-9(14)10(8)15/h3-5,7,11H,6H2,1-2H3,(H2,16,17,18,19). The third-order valence-electron chi connectivity index (χ3n) is 2.69. The number of hydrogen-bond donors (Lipinski definition) is 2. The highest BCUT2D eigenvalue weighted by molar-refractivity contribution is 6.42. The molecule has 0 saturated carbocycles. The molecule has 1 atom stereocenters. The van der Waals surface area contributed by atoms with Crippen LogP contribution in [0.1, 0.15) is 25.5 Å². The van der Waals surface area contributed by atoms with Gasteiger partial charge in [-0.05, 0) is 12.0 Å². The van der Waals surface area contributed by atoms with Crippen molar-refractivity contribution >= 4 is 35.1 Å². The zero-order valence-corrected chi connectivity index (χ0v) is 12.2. The lowest BCUT2D eigenvalue weighted by atomic mass is 10.1. The number of nitrogens with one attached hydrogen (secondary N) is 2. The topological polar surface area (TPSA) is 53.5 Å². The highest BCUT2D eigenvalue weighted by atomic mass is 35.5. The molecule has 0 aromatic heterocycles. The van der Waals surface area contributed by atoms with Crippen LogP contribution in [0.4, 0.5) is 0 Å². The van der Waals surface area contributed by atoms with Gasteiger partial charge in [0.1, 0.15) is 6.04 Å². The number of carbonyl (C=O) groups excluding carboxylic acids is 1. The van der Waals surface area contributed by atoms with E-state index in [9.17, 15) is 4.79 Å². The van der Waals surface area contributed by atoms with Gasteiger partial charge in [-0.1, -0.05) is 49.2 Å². The maximum atomic E-state index is 11.9. The number of guanidine groups is 1. The molecule has 1 heterocycles. The Bertz CT molecular complexity index is 529. The van der Waals surface area contributed by atoms with Crippen LogP contribution in [0.5, 0.6) is 0 Å². The first-order chi connectivity index (χ1) is 8.99. The molecule has 1 aromatic rings. The summed E-state index contributed by atoms with van der Waals surface area (Å²) < 4.78 is 0. The van der Waals surface area contributed by atoms with Crippen molar-refractivity contribution in [1.29, 1.82) is 0 Å². The average molecular weight is 300 g/mol. The summed E-state index contributed by atoms with van der Waals surface area (Å²) in [4.78, 5) is 16.2. The highest BCUT2D eigenvalue weighted by Crippen LogP contribution is 2.31. The van der Waals surface area contributed by atoms with Crippen LogP contribution in [0.15, 0.2) is 23.2 Å². The minimum Gasteiger partial charge on any atom is -0.340 e.